The number of nitrogens with zero attached hydrogens (tertiary/aromatic N) is 2. The molecule has 0 atom stereocenters. The Bertz CT molecular complexity index is 472. The Kier molecular flexibility index (Phi) is 4.50. The summed E-state index contributed by atoms with van der Waals surface area (Å²) in [4.78, 5) is 0. The van der Waals surface area contributed by atoms with Crippen LogP contribution >= 0.6 is 12.2 Å². The maximum Gasteiger partial charge on any atom is 0.435 e. The molecule has 0 saturated heterocycles. The van der Waals surface area contributed by atoms with Crippen LogP contribution in [0.15, 0.2) is 0 Å². The molecule has 0 radical (unpaired) electrons. The van der Waals surface area contributed by atoms with E-state index in [9.17, 15) is 22.0 Å². The van der Waals surface area contributed by atoms with Gasteiger partial charge in [0.2, 0.25) is 5.88 Å². The number of alkyl halides is 5. The Morgan fingerprint density at radius 1 is 1.53 bits per heavy atom. The molecular formula is C8H9F5N4OS. The Morgan fingerprint density at radius 3 is 2.53 bits per heavy atom. The highest BCUT2D eigenvalue weighted by Crippen LogP contribution is 2.35. The standard InChI is InChI=1S/C8H9F5N4OS/c1-17-5(18-6(9)10)3(2-15-7(14)19)4(16-17)8(11,12)13/h6H,2H2,1H3,(H3,14,15,19). The van der Waals surface area contributed by atoms with Crippen molar-refractivity contribution in [3.63, 3.8) is 0 Å². The van der Waals surface area contributed by atoms with Crippen molar-refractivity contribution in [3.05, 3.63) is 11.3 Å². The summed E-state index contributed by atoms with van der Waals surface area (Å²) in [5.41, 5.74) is 3.15. The predicted octanol–water partition coefficient (Wildman–Crippen LogP) is 1.37. The molecule has 0 aliphatic rings. The zero-order valence-electron chi connectivity index (χ0n) is 9.46. The number of aryl methyl sites for hydroxylation is 1. The fourth-order valence-electron chi connectivity index (χ4n) is 1.35. The van der Waals surface area contributed by atoms with E-state index in [0.717, 1.165) is 7.05 Å². The molecule has 3 N–H and O–H groups in total. The molecule has 0 amide bonds. The van der Waals surface area contributed by atoms with Gasteiger partial charge in [-0.1, -0.05) is 0 Å². The Balaban J connectivity index is 3.21. The Hall–Kier alpha value is -1.65. The molecule has 0 bridgehead atoms. The molecule has 1 aromatic heterocycles. The van der Waals surface area contributed by atoms with Crippen LogP contribution in [0.3, 0.4) is 0 Å². The van der Waals surface area contributed by atoms with E-state index in [1.54, 1.807) is 0 Å². The molecule has 19 heavy (non-hydrogen) atoms. The molecule has 0 aromatic carbocycles. The number of nitrogens with two attached hydrogens (primary N) is 1. The van der Waals surface area contributed by atoms with E-state index in [0.29, 0.717) is 4.68 Å². The van der Waals surface area contributed by atoms with Crippen LogP contribution in [-0.4, -0.2) is 21.5 Å². The molecule has 11 heteroatoms. The van der Waals surface area contributed by atoms with Crippen LogP contribution in [0.2, 0.25) is 0 Å². The van der Waals surface area contributed by atoms with E-state index in [1.807, 2.05) is 0 Å². The second-order valence-electron chi connectivity index (χ2n) is 3.35. The minimum absolute atomic E-state index is 0.278. The summed E-state index contributed by atoms with van der Waals surface area (Å²) in [7, 11) is 1.05. The SMILES string of the molecule is Cn1nc(C(F)(F)F)c(CNC(N)=S)c1OC(F)F. The van der Waals surface area contributed by atoms with Crippen LogP contribution < -0.4 is 15.8 Å². The fraction of sp³-hybridized carbons (Fsp3) is 0.500. The van der Waals surface area contributed by atoms with Crippen LogP contribution in [-0.2, 0) is 19.8 Å². The van der Waals surface area contributed by atoms with Gasteiger partial charge in [0.05, 0.1) is 5.56 Å². The second kappa shape index (κ2) is 5.55. The summed E-state index contributed by atoms with van der Waals surface area (Å²) >= 11 is 4.44. The number of halogens is 5. The van der Waals surface area contributed by atoms with Crippen molar-refractivity contribution in [2.24, 2.45) is 12.8 Å². The molecule has 108 valence electrons. The van der Waals surface area contributed by atoms with E-state index >= 15 is 0 Å². The third-order valence-electron chi connectivity index (χ3n) is 2.00. The van der Waals surface area contributed by atoms with E-state index in [1.165, 1.54) is 0 Å². The van der Waals surface area contributed by atoms with Crippen molar-refractivity contribution < 1.29 is 26.7 Å². The Labute approximate surface area is 109 Å². The van der Waals surface area contributed by atoms with Gasteiger partial charge in [-0.2, -0.15) is 27.1 Å². The number of thiocarbonyl (C=S) groups is 1. The van der Waals surface area contributed by atoms with Gasteiger partial charge in [-0.25, -0.2) is 4.68 Å². The van der Waals surface area contributed by atoms with Gasteiger partial charge >= 0.3 is 12.8 Å². The van der Waals surface area contributed by atoms with Crippen molar-refractivity contribution in [2.45, 2.75) is 19.3 Å². The van der Waals surface area contributed by atoms with Crippen molar-refractivity contribution >= 4 is 17.3 Å². The lowest BCUT2D eigenvalue weighted by Crippen LogP contribution is -2.29. The number of hydrogen-bond donors (Lipinski definition) is 2. The van der Waals surface area contributed by atoms with Crippen LogP contribution in [0.1, 0.15) is 11.3 Å². The maximum absolute atomic E-state index is 12.7. The van der Waals surface area contributed by atoms with Gasteiger partial charge in [0, 0.05) is 13.6 Å². The summed E-state index contributed by atoms with van der Waals surface area (Å²) in [5, 5.41) is 5.08. The van der Waals surface area contributed by atoms with Crippen molar-refractivity contribution in [1.29, 1.82) is 0 Å². The second-order valence-corrected chi connectivity index (χ2v) is 3.79. The van der Waals surface area contributed by atoms with Gasteiger partial charge in [0.25, 0.3) is 0 Å². The van der Waals surface area contributed by atoms with Gasteiger partial charge < -0.3 is 15.8 Å². The number of hydrogen-bond acceptors (Lipinski definition) is 3. The maximum atomic E-state index is 12.7. The highest BCUT2D eigenvalue weighted by atomic mass is 32.1. The predicted molar refractivity (Wildman–Crippen MR) is 58.5 cm³/mol. The lowest BCUT2D eigenvalue weighted by molar-refractivity contribution is -0.142. The highest BCUT2D eigenvalue weighted by Gasteiger charge is 2.39. The van der Waals surface area contributed by atoms with E-state index < -0.39 is 36.5 Å². The van der Waals surface area contributed by atoms with Crippen LogP contribution in [0.5, 0.6) is 5.88 Å². The largest absolute Gasteiger partial charge is 0.435 e. The first-order valence-corrected chi connectivity index (χ1v) is 5.15. The molecule has 1 aromatic rings. The minimum atomic E-state index is -4.81. The topological polar surface area (TPSA) is 65.1 Å². The summed E-state index contributed by atoms with van der Waals surface area (Å²) in [5.74, 6) is -0.703. The molecule has 5 nitrogen and oxygen atoms in total. The van der Waals surface area contributed by atoms with E-state index in [2.05, 4.69) is 27.4 Å². The molecule has 1 rings (SSSR count). The zero-order valence-corrected chi connectivity index (χ0v) is 10.3. The number of nitrogens with one attached hydrogen (secondary N) is 1. The lowest BCUT2D eigenvalue weighted by Gasteiger charge is -2.10. The molecule has 0 unspecified atom stereocenters. The van der Waals surface area contributed by atoms with Gasteiger partial charge in [-0.3, -0.25) is 0 Å². The first-order valence-electron chi connectivity index (χ1n) is 4.74. The fourth-order valence-corrected chi connectivity index (χ4v) is 1.42. The lowest BCUT2D eigenvalue weighted by atomic mass is 10.2. The van der Waals surface area contributed by atoms with Crippen molar-refractivity contribution in [3.8, 4) is 5.88 Å². The summed E-state index contributed by atoms with van der Waals surface area (Å²) in [6.07, 6.45) is -4.81. The number of rotatable bonds is 4. The quantitative estimate of drug-likeness (QED) is 0.650. The van der Waals surface area contributed by atoms with Gasteiger partial charge in [0.15, 0.2) is 10.8 Å². The number of aromatic nitrogens is 2. The molecule has 1 heterocycles. The Morgan fingerprint density at radius 2 is 2.11 bits per heavy atom. The molecular weight excluding hydrogens is 295 g/mol. The van der Waals surface area contributed by atoms with Crippen LogP contribution in [0.25, 0.3) is 0 Å². The molecule has 0 spiro atoms. The smallest absolute Gasteiger partial charge is 0.417 e. The summed E-state index contributed by atoms with van der Waals surface area (Å²) in [6.45, 7) is -3.81. The monoisotopic (exact) mass is 304 g/mol. The number of ether oxygens (including phenoxy) is 1. The zero-order chi connectivity index (χ0) is 14.8. The van der Waals surface area contributed by atoms with Crippen molar-refractivity contribution in [2.75, 3.05) is 0 Å². The normalized spacial score (nSPS) is 11.7. The first-order chi connectivity index (χ1) is 8.62. The molecule has 0 aliphatic heterocycles. The highest BCUT2D eigenvalue weighted by molar-refractivity contribution is 7.80. The van der Waals surface area contributed by atoms with Gasteiger partial charge in [-0.15, -0.1) is 0 Å². The molecule has 0 saturated carbocycles. The summed E-state index contributed by atoms with van der Waals surface area (Å²) < 4.78 is 67.0. The van der Waals surface area contributed by atoms with E-state index in [4.69, 9.17) is 5.73 Å². The summed E-state index contributed by atoms with van der Waals surface area (Å²) in [6, 6.07) is 0. The average molecular weight is 304 g/mol. The molecule has 0 aliphatic carbocycles. The molecule has 0 fully saturated rings. The van der Waals surface area contributed by atoms with Crippen LogP contribution in [0, 0.1) is 0 Å². The first kappa shape index (κ1) is 15.4. The van der Waals surface area contributed by atoms with Crippen LogP contribution in [0.4, 0.5) is 22.0 Å². The third kappa shape index (κ3) is 3.91. The average Bonchev–Trinajstić information content (AvgIpc) is 2.52. The minimum Gasteiger partial charge on any atom is -0.417 e. The van der Waals surface area contributed by atoms with Gasteiger partial charge in [0.1, 0.15) is 0 Å². The van der Waals surface area contributed by atoms with Crippen molar-refractivity contribution in [1.82, 2.24) is 15.1 Å². The van der Waals surface area contributed by atoms with Gasteiger partial charge in [-0.05, 0) is 12.2 Å². The van der Waals surface area contributed by atoms with E-state index in [-0.39, 0.29) is 5.11 Å². The third-order valence-corrected chi connectivity index (χ3v) is 2.14.